The SMILES string of the molecule is CC1(C(=O)O)CCN(C(=O)c2ccccc2NC(=O)c2ccc(Cl)cc2)C1. The van der Waals surface area contributed by atoms with Gasteiger partial charge in [0.25, 0.3) is 11.8 Å². The van der Waals surface area contributed by atoms with Crippen LogP contribution in [0.1, 0.15) is 34.1 Å². The molecular weight excluding hydrogens is 368 g/mol. The van der Waals surface area contributed by atoms with Crippen LogP contribution >= 0.6 is 11.6 Å². The zero-order valence-corrected chi connectivity index (χ0v) is 15.5. The highest BCUT2D eigenvalue weighted by molar-refractivity contribution is 6.30. The molecule has 1 atom stereocenters. The second kappa shape index (κ2) is 7.40. The number of nitrogens with one attached hydrogen (secondary N) is 1. The third kappa shape index (κ3) is 3.95. The Morgan fingerprint density at radius 1 is 1.11 bits per heavy atom. The van der Waals surface area contributed by atoms with Gasteiger partial charge in [-0.1, -0.05) is 23.7 Å². The number of benzene rings is 2. The Hall–Kier alpha value is -2.86. The van der Waals surface area contributed by atoms with Crippen molar-refractivity contribution in [3.8, 4) is 0 Å². The molecule has 1 fully saturated rings. The normalized spacial score (nSPS) is 19.0. The largest absolute Gasteiger partial charge is 0.481 e. The number of amides is 2. The molecule has 1 saturated heterocycles. The predicted molar refractivity (Wildman–Crippen MR) is 102 cm³/mol. The average Bonchev–Trinajstić information content (AvgIpc) is 3.06. The Balaban J connectivity index is 1.80. The molecule has 1 aliphatic heterocycles. The Morgan fingerprint density at radius 2 is 1.78 bits per heavy atom. The standard InChI is InChI=1S/C20H19ClN2O4/c1-20(19(26)27)10-11-23(12-20)18(25)15-4-2-3-5-16(15)22-17(24)13-6-8-14(21)9-7-13/h2-9H,10-12H2,1H3,(H,22,24)(H,26,27). The van der Waals surface area contributed by atoms with Gasteiger partial charge < -0.3 is 15.3 Å². The fraction of sp³-hybridized carbons (Fsp3) is 0.250. The van der Waals surface area contributed by atoms with Crippen molar-refractivity contribution >= 4 is 35.1 Å². The Kier molecular flexibility index (Phi) is 5.19. The van der Waals surface area contributed by atoms with Gasteiger partial charge in [0.2, 0.25) is 0 Å². The molecule has 3 rings (SSSR count). The minimum absolute atomic E-state index is 0.140. The smallest absolute Gasteiger partial charge is 0.311 e. The quantitative estimate of drug-likeness (QED) is 0.841. The molecule has 0 spiro atoms. The lowest BCUT2D eigenvalue weighted by Gasteiger charge is -2.21. The van der Waals surface area contributed by atoms with Gasteiger partial charge in [-0.25, -0.2) is 0 Å². The highest BCUT2D eigenvalue weighted by Crippen LogP contribution is 2.32. The highest BCUT2D eigenvalue weighted by atomic mass is 35.5. The monoisotopic (exact) mass is 386 g/mol. The van der Waals surface area contributed by atoms with Crippen LogP contribution < -0.4 is 5.32 Å². The summed E-state index contributed by atoms with van der Waals surface area (Å²) in [5.41, 5.74) is 0.180. The maximum absolute atomic E-state index is 12.9. The number of nitrogens with zero attached hydrogens (tertiary/aromatic N) is 1. The van der Waals surface area contributed by atoms with Crippen LogP contribution in [0.25, 0.3) is 0 Å². The number of aliphatic carboxylic acids is 1. The van der Waals surface area contributed by atoms with Crippen LogP contribution in [0.3, 0.4) is 0 Å². The number of anilines is 1. The van der Waals surface area contributed by atoms with Gasteiger partial charge in [0.1, 0.15) is 0 Å². The molecule has 2 aromatic carbocycles. The van der Waals surface area contributed by atoms with E-state index in [1.54, 1.807) is 55.5 Å². The van der Waals surface area contributed by atoms with E-state index in [1.165, 1.54) is 4.90 Å². The number of carbonyl (C=O) groups excluding carboxylic acids is 2. The summed E-state index contributed by atoms with van der Waals surface area (Å²) >= 11 is 5.84. The maximum atomic E-state index is 12.9. The fourth-order valence-corrected chi connectivity index (χ4v) is 3.18. The molecule has 0 bridgehead atoms. The summed E-state index contributed by atoms with van der Waals surface area (Å²) in [6.45, 7) is 2.14. The molecule has 0 aliphatic carbocycles. The van der Waals surface area contributed by atoms with Crippen LogP contribution in [0, 0.1) is 5.41 Å². The van der Waals surface area contributed by atoms with Crippen molar-refractivity contribution in [2.75, 3.05) is 18.4 Å². The van der Waals surface area contributed by atoms with Gasteiger partial charge >= 0.3 is 5.97 Å². The molecule has 27 heavy (non-hydrogen) atoms. The summed E-state index contributed by atoms with van der Waals surface area (Å²) in [5, 5.41) is 12.6. The molecule has 7 heteroatoms. The number of rotatable bonds is 4. The first kappa shape index (κ1) is 18.9. The number of carboxylic acid groups (broad SMARTS) is 1. The fourth-order valence-electron chi connectivity index (χ4n) is 3.05. The number of carboxylic acids is 1. The third-order valence-electron chi connectivity index (χ3n) is 4.79. The first-order valence-electron chi connectivity index (χ1n) is 8.49. The molecule has 0 saturated carbocycles. The van der Waals surface area contributed by atoms with Crippen LogP contribution in [-0.2, 0) is 4.79 Å². The second-order valence-corrected chi connectivity index (χ2v) is 7.29. The Morgan fingerprint density at radius 3 is 2.41 bits per heavy atom. The van der Waals surface area contributed by atoms with Gasteiger partial charge in [-0.3, -0.25) is 14.4 Å². The van der Waals surface area contributed by atoms with Crippen molar-refractivity contribution in [1.82, 2.24) is 4.90 Å². The van der Waals surface area contributed by atoms with Gasteiger partial charge in [0.15, 0.2) is 0 Å². The highest BCUT2D eigenvalue weighted by Gasteiger charge is 2.42. The second-order valence-electron chi connectivity index (χ2n) is 6.85. The van der Waals surface area contributed by atoms with E-state index in [1.807, 2.05) is 0 Å². The minimum Gasteiger partial charge on any atom is -0.481 e. The van der Waals surface area contributed by atoms with E-state index in [9.17, 15) is 19.5 Å². The first-order chi connectivity index (χ1) is 12.8. The molecule has 140 valence electrons. The number of likely N-dealkylation sites (tertiary alicyclic amines) is 1. The Bertz CT molecular complexity index is 897. The molecule has 6 nitrogen and oxygen atoms in total. The molecule has 1 aliphatic rings. The number of para-hydroxylation sites is 1. The van der Waals surface area contributed by atoms with E-state index < -0.39 is 11.4 Å². The summed E-state index contributed by atoms with van der Waals surface area (Å²) in [6, 6.07) is 13.1. The lowest BCUT2D eigenvalue weighted by atomic mass is 9.90. The molecule has 0 aromatic heterocycles. The van der Waals surface area contributed by atoms with Crippen molar-refractivity contribution < 1.29 is 19.5 Å². The maximum Gasteiger partial charge on any atom is 0.311 e. The van der Waals surface area contributed by atoms with Crippen LogP contribution in [-0.4, -0.2) is 40.9 Å². The predicted octanol–water partition coefficient (Wildman–Crippen LogP) is 3.53. The lowest BCUT2D eigenvalue weighted by molar-refractivity contribution is -0.147. The first-order valence-corrected chi connectivity index (χ1v) is 8.86. The van der Waals surface area contributed by atoms with Crippen LogP contribution in [0.15, 0.2) is 48.5 Å². The number of carbonyl (C=O) groups is 3. The van der Waals surface area contributed by atoms with E-state index in [-0.39, 0.29) is 18.4 Å². The summed E-state index contributed by atoms with van der Waals surface area (Å²) in [5.74, 6) is -1.57. The summed E-state index contributed by atoms with van der Waals surface area (Å²) in [6.07, 6.45) is 0.396. The average molecular weight is 387 g/mol. The van der Waals surface area contributed by atoms with E-state index in [0.717, 1.165) is 0 Å². The summed E-state index contributed by atoms with van der Waals surface area (Å²) in [4.78, 5) is 38.3. The van der Waals surface area contributed by atoms with E-state index in [2.05, 4.69) is 5.32 Å². The van der Waals surface area contributed by atoms with Gasteiger partial charge in [0, 0.05) is 23.7 Å². The van der Waals surface area contributed by atoms with Gasteiger partial charge in [-0.15, -0.1) is 0 Å². The van der Waals surface area contributed by atoms with Gasteiger partial charge in [-0.05, 0) is 49.7 Å². The van der Waals surface area contributed by atoms with Crippen molar-refractivity contribution in [3.05, 3.63) is 64.7 Å². The van der Waals surface area contributed by atoms with E-state index in [0.29, 0.717) is 34.8 Å². The topological polar surface area (TPSA) is 86.7 Å². The Labute approximate surface area is 161 Å². The summed E-state index contributed by atoms with van der Waals surface area (Å²) < 4.78 is 0. The zero-order chi connectivity index (χ0) is 19.6. The zero-order valence-electron chi connectivity index (χ0n) is 14.7. The van der Waals surface area contributed by atoms with E-state index in [4.69, 9.17) is 11.6 Å². The number of halogens is 1. The molecule has 2 aromatic rings. The van der Waals surface area contributed by atoms with Crippen LogP contribution in [0.4, 0.5) is 5.69 Å². The molecule has 0 radical (unpaired) electrons. The lowest BCUT2D eigenvalue weighted by Crippen LogP contribution is -2.35. The van der Waals surface area contributed by atoms with Gasteiger partial charge in [-0.2, -0.15) is 0 Å². The van der Waals surface area contributed by atoms with Crippen LogP contribution in [0.2, 0.25) is 5.02 Å². The van der Waals surface area contributed by atoms with Crippen molar-refractivity contribution in [3.63, 3.8) is 0 Å². The number of hydrogen-bond donors (Lipinski definition) is 2. The molecular formula is C20H19ClN2O4. The number of hydrogen-bond acceptors (Lipinski definition) is 3. The van der Waals surface area contributed by atoms with Crippen LogP contribution in [0.5, 0.6) is 0 Å². The third-order valence-corrected chi connectivity index (χ3v) is 5.04. The van der Waals surface area contributed by atoms with Gasteiger partial charge in [0.05, 0.1) is 16.7 Å². The van der Waals surface area contributed by atoms with E-state index >= 15 is 0 Å². The molecule has 1 unspecified atom stereocenters. The summed E-state index contributed by atoms with van der Waals surface area (Å²) in [7, 11) is 0. The van der Waals surface area contributed by atoms with Crippen molar-refractivity contribution in [1.29, 1.82) is 0 Å². The molecule has 2 amide bonds. The minimum atomic E-state index is -0.947. The van der Waals surface area contributed by atoms with Crippen molar-refractivity contribution in [2.45, 2.75) is 13.3 Å². The molecule has 2 N–H and O–H groups in total. The molecule has 1 heterocycles. The van der Waals surface area contributed by atoms with Crippen molar-refractivity contribution in [2.24, 2.45) is 5.41 Å².